The molecular formula is C27H29N7O4. The number of fused-ring (bicyclic) bond motifs is 3. The first-order chi connectivity index (χ1) is 18.6. The highest BCUT2D eigenvalue weighted by atomic mass is 16.7. The number of anilines is 3. The van der Waals surface area contributed by atoms with E-state index in [9.17, 15) is 0 Å². The number of ether oxygens (including phenoxy) is 4. The zero-order chi connectivity index (χ0) is 25.6. The van der Waals surface area contributed by atoms with Crippen LogP contribution in [-0.2, 0) is 6.54 Å². The van der Waals surface area contributed by atoms with Crippen LogP contribution in [-0.4, -0.2) is 64.2 Å². The average Bonchev–Trinajstić information content (AvgIpc) is 3.67. The first kappa shape index (κ1) is 22.9. The van der Waals surface area contributed by atoms with Crippen LogP contribution in [0.1, 0.15) is 25.5 Å². The van der Waals surface area contributed by atoms with Crippen molar-refractivity contribution in [2.75, 3.05) is 50.0 Å². The largest absolute Gasteiger partial charge is 0.454 e. The molecule has 1 N–H and O–H groups in total. The summed E-state index contributed by atoms with van der Waals surface area (Å²) in [6.07, 6.45) is 1.59. The molecule has 0 radical (unpaired) electrons. The lowest BCUT2D eigenvalue weighted by Crippen LogP contribution is -2.47. The average molecular weight is 516 g/mol. The van der Waals surface area contributed by atoms with Gasteiger partial charge < -0.3 is 29.2 Å². The molecule has 38 heavy (non-hydrogen) atoms. The summed E-state index contributed by atoms with van der Waals surface area (Å²) in [5.41, 5.74) is 3.64. The monoisotopic (exact) mass is 515 g/mol. The van der Waals surface area contributed by atoms with Gasteiger partial charge in [-0.2, -0.15) is 0 Å². The SMILES string of the molecule is CC(C)n1c(N2CCN(Cc3ccc4c(c3)OCO4)CC2)nc2c(Nc3ccc4c(c3)OCO4)ncnc21. The molecule has 3 aliphatic rings. The summed E-state index contributed by atoms with van der Waals surface area (Å²) in [5.74, 6) is 4.70. The van der Waals surface area contributed by atoms with E-state index in [1.54, 1.807) is 6.33 Å². The lowest BCUT2D eigenvalue weighted by atomic mass is 10.1. The van der Waals surface area contributed by atoms with E-state index in [0.29, 0.717) is 18.4 Å². The number of nitrogens with zero attached hydrogens (tertiary/aromatic N) is 6. The molecule has 0 spiro atoms. The molecule has 0 aliphatic carbocycles. The summed E-state index contributed by atoms with van der Waals surface area (Å²) in [6, 6.07) is 12.1. The highest BCUT2D eigenvalue weighted by molar-refractivity contribution is 5.87. The highest BCUT2D eigenvalue weighted by Crippen LogP contribution is 2.37. The number of hydrogen-bond donors (Lipinski definition) is 1. The van der Waals surface area contributed by atoms with Gasteiger partial charge >= 0.3 is 0 Å². The molecule has 2 aromatic heterocycles. The standard InChI is InChI=1S/C27H29N7O4/c1-17(2)34-26-24(25(28-14-29-26)30-19-4-6-21-23(12-19)38-16-36-21)31-27(34)33-9-7-32(8-10-33)13-18-3-5-20-22(11-18)37-15-35-20/h3-6,11-12,14,17H,7-10,13,15-16H2,1-2H3,(H,28,29,30). The van der Waals surface area contributed by atoms with Crippen LogP contribution in [0, 0.1) is 0 Å². The fourth-order valence-corrected chi connectivity index (χ4v) is 5.20. The van der Waals surface area contributed by atoms with E-state index in [-0.39, 0.29) is 12.8 Å². The van der Waals surface area contributed by atoms with Gasteiger partial charge in [0, 0.05) is 50.5 Å². The molecule has 0 bridgehead atoms. The highest BCUT2D eigenvalue weighted by Gasteiger charge is 2.26. The third-order valence-electron chi connectivity index (χ3n) is 7.11. The quantitative estimate of drug-likeness (QED) is 0.407. The van der Waals surface area contributed by atoms with Gasteiger partial charge in [0.05, 0.1) is 0 Å². The Kier molecular flexibility index (Phi) is 5.58. The smallest absolute Gasteiger partial charge is 0.231 e. The molecule has 5 heterocycles. The van der Waals surface area contributed by atoms with E-state index in [2.05, 4.69) is 55.6 Å². The third-order valence-corrected chi connectivity index (χ3v) is 7.11. The third kappa shape index (κ3) is 4.08. The van der Waals surface area contributed by atoms with E-state index in [4.69, 9.17) is 23.9 Å². The van der Waals surface area contributed by atoms with Gasteiger partial charge in [-0.05, 0) is 43.7 Å². The second-order valence-electron chi connectivity index (χ2n) is 9.91. The van der Waals surface area contributed by atoms with Gasteiger partial charge in [-0.15, -0.1) is 0 Å². The number of imidazole rings is 1. The number of nitrogens with one attached hydrogen (secondary N) is 1. The van der Waals surface area contributed by atoms with Crippen molar-refractivity contribution in [2.24, 2.45) is 0 Å². The second-order valence-corrected chi connectivity index (χ2v) is 9.91. The summed E-state index contributed by atoms with van der Waals surface area (Å²) >= 11 is 0. The molecule has 0 amide bonds. The van der Waals surface area contributed by atoms with Gasteiger partial charge in [-0.25, -0.2) is 15.0 Å². The van der Waals surface area contributed by atoms with Crippen molar-refractivity contribution >= 4 is 28.6 Å². The topological polar surface area (TPSA) is 99.0 Å². The van der Waals surface area contributed by atoms with Gasteiger partial charge in [0.2, 0.25) is 19.5 Å². The molecule has 3 aliphatic heterocycles. The van der Waals surface area contributed by atoms with Gasteiger partial charge in [0.25, 0.3) is 0 Å². The minimum Gasteiger partial charge on any atom is -0.454 e. The van der Waals surface area contributed by atoms with Crippen molar-refractivity contribution < 1.29 is 18.9 Å². The number of benzene rings is 2. The van der Waals surface area contributed by atoms with E-state index >= 15 is 0 Å². The van der Waals surface area contributed by atoms with Crippen LogP contribution in [0.2, 0.25) is 0 Å². The van der Waals surface area contributed by atoms with Crippen LogP contribution in [0.5, 0.6) is 23.0 Å². The Labute approximate surface area is 219 Å². The van der Waals surface area contributed by atoms with Crippen LogP contribution in [0.3, 0.4) is 0 Å². The van der Waals surface area contributed by atoms with Crippen LogP contribution >= 0.6 is 0 Å². The lowest BCUT2D eigenvalue weighted by Gasteiger charge is -2.35. The summed E-state index contributed by atoms with van der Waals surface area (Å²) in [4.78, 5) is 19.0. The zero-order valence-electron chi connectivity index (χ0n) is 21.4. The maximum Gasteiger partial charge on any atom is 0.231 e. The van der Waals surface area contributed by atoms with E-state index in [1.807, 2.05) is 24.3 Å². The molecule has 2 aromatic carbocycles. The molecule has 0 unspecified atom stereocenters. The number of hydrogen-bond acceptors (Lipinski definition) is 10. The molecule has 0 atom stereocenters. The van der Waals surface area contributed by atoms with E-state index in [1.165, 1.54) is 5.56 Å². The Morgan fingerprint density at radius 2 is 1.55 bits per heavy atom. The Balaban J connectivity index is 1.11. The molecule has 4 aromatic rings. The van der Waals surface area contributed by atoms with Crippen molar-refractivity contribution in [2.45, 2.75) is 26.4 Å². The molecule has 7 rings (SSSR count). The molecule has 196 valence electrons. The summed E-state index contributed by atoms with van der Waals surface area (Å²) < 4.78 is 24.2. The first-order valence-corrected chi connectivity index (χ1v) is 12.9. The fraction of sp³-hybridized carbons (Fsp3) is 0.370. The number of rotatable bonds is 6. The Morgan fingerprint density at radius 1 is 0.842 bits per heavy atom. The molecule has 1 fully saturated rings. The maximum absolute atomic E-state index is 5.55. The Bertz CT molecular complexity index is 1500. The number of piperazine rings is 1. The minimum absolute atomic E-state index is 0.190. The van der Waals surface area contributed by atoms with Gasteiger partial charge in [0.15, 0.2) is 40.0 Å². The molecule has 0 saturated carbocycles. The Morgan fingerprint density at radius 3 is 2.32 bits per heavy atom. The minimum atomic E-state index is 0.190. The van der Waals surface area contributed by atoms with Crippen LogP contribution in [0.25, 0.3) is 11.2 Å². The normalized spacial score (nSPS) is 16.6. The van der Waals surface area contributed by atoms with Crippen molar-refractivity contribution in [1.29, 1.82) is 0 Å². The molecule has 11 heteroatoms. The van der Waals surface area contributed by atoms with E-state index < -0.39 is 0 Å². The summed E-state index contributed by atoms with van der Waals surface area (Å²) in [5, 5.41) is 3.40. The van der Waals surface area contributed by atoms with Crippen molar-refractivity contribution in [3.63, 3.8) is 0 Å². The van der Waals surface area contributed by atoms with Crippen molar-refractivity contribution in [3.8, 4) is 23.0 Å². The van der Waals surface area contributed by atoms with Gasteiger partial charge in [0.1, 0.15) is 6.33 Å². The van der Waals surface area contributed by atoms with Crippen LogP contribution in [0.4, 0.5) is 17.5 Å². The summed E-state index contributed by atoms with van der Waals surface area (Å²) in [6.45, 7) is 9.35. The number of aromatic nitrogens is 4. The van der Waals surface area contributed by atoms with Crippen molar-refractivity contribution in [3.05, 3.63) is 48.3 Å². The van der Waals surface area contributed by atoms with Crippen LogP contribution < -0.4 is 29.2 Å². The predicted octanol–water partition coefficient (Wildman–Crippen LogP) is 3.93. The Hall–Kier alpha value is -4.25. The molecular weight excluding hydrogens is 486 g/mol. The molecule has 11 nitrogen and oxygen atoms in total. The van der Waals surface area contributed by atoms with Gasteiger partial charge in [-0.3, -0.25) is 9.47 Å². The summed E-state index contributed by atoms with van der Waals surface area (Å²) in [7, 11) is 0. The fourth-order valence-electron chi connectivity index (χ4n) is 5.20. The second kappa shape index (κ2) is 9.25. The van der Waals surface area contributed by atoms with Gasteiger partial charge in [-0.1, -0.05) is 6.07 Å². The first-order valence-electron chi connectivity index (χ1n) is 12.9. The van der Waals surface area contributed by atoms with E-state index in [0.717, 1.165) is 72.8 Å². The lowest BCUT2D eigenvalue weighted by molar-refractivity contribution is 0.173. The van der Waals surface area contributed by atoms with Crippen LogP contribution in [0.15, 0.2) is 42.7 Å². The predicted molar refractivity (Wildman–Crippen MR) is 142 cm³/mol. The zero-order valence-corrected chi connectivity index (χ0v) is 21.4. The molecule has 1 saturated heterocycles. The van der Waals surface area contributed by atoms with Crippen molar-refractivity contribution in [1.82, 2.24) is 24.4 Å². The maximum atomic E-state index is 5.55.